The lowest BCUT2D eigenvalue weighted by Gasteiger charge is -2.30. The van der Waals surface area contributed by atoms with Crippen LogP contribution in [0.2, 0.25) is 0 Å². The number of aromatic nitrogens is 2. The van der Waals surface area contributed by atoms with Crippen LogP contribution in [0.5, 0.6) is 0 Å². The fourth-order valence-corrected chi connectivity index (χ4v) is 2.67. The summed E-state index contributed by atoms with van der Waals surface area (Å²) in [7, 11) is 0. The number of fused-ring (bicyclic) bond motifs is 1. The predicted octanol–water partition coefficient (Wildman–Crippen LogP) is 1.02. The summed E-state index contributed by atoms with van der Waals surface area (Å²) in [6.07, 6.45) is 1.29. The van der Waals surface area contributed by atoms with Crippen LogP contribution in [-0.2, 0) is 6.42 Å². The molecule has 2 N–H and O–H groups in total. The Bertz CT molecular complexity index is 438. The van der Waals surface area contributed by atoms with Crippen LogP contribution < -0.4 is 10.2 Å². The molecule has 0 radical (unpaired) electrons. The van der Waals surface area contributed by atoms with E-state index in [1.54, 1.807) is 0 Å². The summed E-state index contributed by atoms with van der Waals surface area (Å²) in [5.41, 5.74) is 2.01. The average Bonchev–Trinajstić information content (AvgIpc) is 2.72. The first kappa shape index (κ1) is 16.4. The van der Waals surface area contributed by atoms with E-state index in [2.05, 4.69) is 20.2 Å². The lowest BCUT2D eigenvalue weighted by atomic mass is 10.2. The zero-order valence-electron chi connectivity index (χ0n) is 10.9. The molecule has 1 fully saturated rings. The summed E-state index contributed by atoms with van der Waals surface area (Å²) in [5.74, 6) is 1.81. The molecule has 1 atom stereocenters. The third-order valence-corrected chi connectivity index (χ3v) is 3.53. The van der Waals surface area contributed by atoms with Gasteiger partial charge < -0.3 is 15.3 Å². The zero-order valence-corrected chi connectivity index (χ0v) is 12.6. The van der Waals surface area contributed by atoms with Gasteiger partial charge in [-0.15, -0.1) is 24.8 Å². The molecule has 3 rings (SSSR count). The maximum Gasteiger partial charge on any atom is 0.135 e. The molecule has 0 bridgehead atoms. The van der Waals surface area contributed by atoms with E-state index in [-0.39, 0.29) is 24.8 Å². The largest absolute Gasteiger partial charge is 0.387 e. The van der Waals surface area contributed by atoms with E-state index in [1.807, 2.05) is 6.92 Å². The first-order valence-corrected chi connectivity index (χ1v) is 6.27. The number of nitrogens with zero attached hydrogens (tertiary/aromatic N) is 3. The van der Waals surface area contributed by atoms with Crippen LogP contribution >= 0.6 is 24.8 Å². The number of nitrogens with one attached hydrogen (secondary N) is 1. The van der Waals surface area contributed by atoms with Crippen molar-refractivity contribution >= 4 is 30.6 Å². The van der Waals surface area contributed by atoms with E-state index in [9.17, 15) is 5.11 Å². The summed E-state index contributed by atoms with van der Waals surface area (Å²) < 4.78 is 0. The van der Waals surface area contributed by atoms with Crippen LogP contribution in [0.25, 0.3) is 0 Å². The van der Waals surface area contributed by atoms with Crippen LogP contribution in [0.3, 0.4) is 0 Å². The molecule has 7 heteroatoms. The van der Waals surface area contributed by atoms with Gasteiger partial charge in [-0.3, -0.25) is 0 Å². The molecule has 108 valence electrons. The van der Waals surface area contributed by atoms with Gasteiger partial charge >= 0.3 is 0 Å². The Labute approximate surface area is 125 Å². The number of hydrogen-bond donors (Lipinski definition) is 2. The molecule has 0 saturated carbocycles. The number of piperazine rings is 1. The van der Waals surface area contributed by atoms with Gasteiger partial charge in [-0.1, -0.05) is 0 Å². The van der Waals surface area contributed by atoms with Gasteiger partial charge in [-0.25, -0.2) is 9.97 Å². The Hall–Kier alpha value is -0.620. The van der Waals surface area contributed by atoms with Gasteiger partial charge in [0.2, 0.25) is 0 Å². The van der Waals surface area contributed by atoms with Crippen molar-refractivity contribution in [3.05, 3.63) is 17.1 Å². The molecule has 1 aromatic heterocycles. The van der Waals surface area contributed by atoms with E-state index in [0.717, 1.165) is 61.9 Å². The normalized spacial score (nSPS) is 21.4. The van der Waals surface area contributed by atoms with Crippen LogP contribution in [0.15, 0.2) is 0 Å². The van der Waals surface area contributed by atoms with E-state index >= 15 is 0 Å². The number of halogens is 2. The van der Waals surface area contributed by atoms with Crippen molar-refractivity contribution < 1.29 is 5.11 Å². The molecule has 1 aliphatic heterocycles. The summed E-state index contributed by atoms with van der Waals surface area (Å²) in [4.78, 5) is 11.3. The Kier molecular flexibility index (Phi) is 5.80. The van der Waals surface area contributed by atoms with Crippen molar-refractivity contribution in [2.45, 2.75) is 25.9 Å². The standard InChI is InChI=1S/C12H18N4O.2ClH/c1-8-14-11-9(2-3-10(11)17)12(15-8)16-6-4-13-5-7-16;;/h10,13,17H,2-7H2,1H3;2*1H. The number of aliphatic hydroxyl groups excluding tert-OH is 1. The minimum Gasteiger partial charge on any atom is -0.387 e. The van der Waals surface area contributed by atoms with Crippen molar-refractivity contribution in [3.8, 4) is 0 Å². The average molecular weight is 307 g/mol. The van der Waals surface area contributed by atoms with Crippen molar-refractivity contribution in [2.24, 2.45) is 0 Å². The van der Waals surface area contributed by atoms with Gasteiger partial charge in [0, 0.05) is 31.7 Å². The number of anilines is 1. The number of aryl methyl sites for hydroxylation is 1. The van der Waals surface area contributed by atoms with Gasteiger partial charge in [-0.2, -0.15) is 0 Å². The van der Waals surface area contributed by atoms with E-state index < -0.39 is 6.10 Å². The fourth-order valence-electron chi connectivity index (χ4n) is 2.67. The molecule has 1 aromatic rings. The minimum atomic E-state index is -0.395. The number of rotatable bonds is 1. The molecular weight excluding hydrogens is 287 g/mol. The fraction of sp³-hybridized carbons (Fsp3) is 0.667. The quantitative estimate of drug-likeness (QED) is 0.811. The second-order valence-corrected chi connectivity index (χ2v) is 4.75. The van der Waals surface area contributed by atoms with Gasteiger partial charge in [0.15, 0.2) is 0 Å². The highest BCUT2D eigenvalue weighted by molar-refractivity contribution is 5.85. The van der Waals surface area contributed by atoms with Crippen molar-refractivity contribution in [3.63, 3.8) is 0 Å². The third kappa shape index (κ3) is 3.11. The summed E-state index contributed by atoms with van der Waals surface area (Å²) in [6, 6.07) is 0. The number of aliphatic hydroxyl groups is 1. The summed E-state index contributed by atoms with van der Waals surface area (Å²) in [6.45, 7) is 5.87. The molecule has 19 heavy (non-hydrogen) atoms. The van der Waals surface area contributed by atoms with Crippen LogP contribution in [0.4, 0.5) is 5.82 Å². The molecule has 1 saturated heterocycles. The topological polar surface area (TPSA) is 61.3 Å². The molecule has 2 heterocycles. The van der Waals surface area contributed by atoms with Gasteiger partial charge in [0.25, 0.3) is 0 Å². The molecule has 5 nitrogen and oxygen atoms in total. The maximum absolute atomic E-state index is 9.91. The van der Waals surface area contributed by atoms with Crippen LogP contribution in [-0.4, -0.2) is 41.3 Å². The summed E-state index contributed by atoms with van der Waals surface area (Å²) in [5, 5.41) is 13.2. The zero-order chi connectivity index (χ0) is 11.8. The van der Waals surface area contributed by atoms with E-state index in [1.165, 1.54) is 0 Å². The van der Waals surface area contributed by atoms with Crippen molar-refractivity contribution in [2.75, 3.05) is 31.1 Å². The highest BCUT2D eigenvalue weighted by atomic mass is 35.5. The highest BCUT2D eigenvalue weighted by Crippen LogP contribution is 2.34. The lowest BCUT2D eigenvalue weighted by molar-refractivity contribution is 0.175. The Morgan fingerprint density at radius 2 is 1.89 bits per heavy atom. The second-order valence-electron chi connectivity index (χ2n) is 4.75. The van der Waals surface area contributed by atoms with Gasteiger partial charge in [0.05, 0.1) is 11.8 Å². The SMILES string of the molecule is Cc1nc2c(c(N3CCNCC3)n1)CCC2O.Cl.Cl. The van der Waals surface area contributed by atoms with Gasteiger partial charge in [-0.05, 0) is 19.8 Å². The van der Waals surface area contributed by atoms with Crippen molar-refractivity contribution in [1.82, 2.24) is 15.3 Å². The highest BCUT2D eigenvalue weighted by Gasteiger charge is 2.28. The Balaban J connectivity index is 0.000000902. The molecule has 1 aliphatic carbocycles. The first-order chi connectivity index (χ1) is 8.25. The molecular formula is C12H20Cl2N4O. The number of hydrogen-bond acceptors (Lipinski definition) is 5. The molecule has 0 amide bonds. The molecule has 0 aromatic carbocycles. The molecule has 0 spiro atoms. The smallest absolute Gasteiger partial charge is 0.135 e. The molecule has 1 unspecified atom stereocenters. The Morgan fingerprint density at radius 3 is 2.58 bits per heavy atom. The van der Waals surface area contributed by atoms with Crippen LogP contribution in [0.1, 0.15) is 29.6 Å². The van der Waals surface area contributed by atoms with E-state index in [4.69, 9.17) is 0 Å². The lowest BCUT2D eigenvalue weighted by Crippen LogP contribution is -2.44. The first-order valence-electron chi connectivity index (χ1n) is 6.27. The van der Waals surface area contributed by atoms with E-state index in [0.29, 0.717) is 0 Å². The Morgan fingerprint density at radius 1 is 1.21 bits per heavy atom. The molecule has 2 aliphatic rings. The van der Waals surface area contributed by atoms with Gasteiger partial charge in [0.1, 0.15) is 11.6 Å². The minimum absolute atomic E-state index is 0. The summed E-state index contributed by atoms with van der Waals surface area (Å²) >= 11 is 0. The maximum atomic E-state index is 9.91. The van der Waals surface area contributed by atoms with Crippen molar-refractivity contribution in [1.29, 1.82) is 0 Å². The predicted molar refractivity (Wildman–Crippen MR) is 79.6 cm³/mol. The monoisotopic (exact) mass is 306 g/mol. The van der Waals surface area contributed by atoms with Crippen LogP contribution in [0, 0.1) is 6.92 Å². The second kappa shape index (κ2) is 6.70. The third-order valence-electron chi connectivity index (χ3n) is 3.53.